The number of hydrogen-bond donors (Lipinski definition) is 1. The van der Waals surface area contributed by atoms with Gasteiger partial charge in [-0.3, -0.25) is 0 Å². The minimum absolute atomic E-state index is 0.0687. The van der Waals surface area contributed by atoms with E-state index in [1.807, 2.05) is 36.4 Å². The van der Waals surface area contributed by atoms with Crippen LogP contribution in [-0.2, 0) is 0 Å². The number of nitrogens with two attached hydrogens (primary N) is 1. The Labute approximate surface area is 105 Å². The number of halogens is 1. The van der Waals surface area contributed by atoms with Crippen molar-refractivity contribution in [3.05, 3.63) is 66.0 Å². The molecule has 0 aromatic heterocycles. The lowest BCUT2D eigenvalue weighted by Crippen LogP contribution is -2.12. The number of rotatable bonds is 4. The molecule has 17 heavy (non-hydrogen) atoms. The summed E-state index contributed by atoms with van der Waals surface area (Å²) < 4.78 is 13.4. The molecule has 1 unspecified atom stereocenters. The van der Waals surface area contributed by atoms with Crippen LogP contribution >= 0.6 is 11.8 Å². The Hall–Kier alpha value is -1.32. The molecule has 2 rings (SSSR count). The summed E-state index contributed by atoms with van der Waals surface area (Å²) in [5.41, 5.74) is 7.13. The van der Waals surface area contributed by atoms with Gasteiger partial charge in [-0.15, -0.1) is 11.8 Å². The molecule has 88 valence electrons. The Bertz CT molecular complexity index is 473. The maximum absolute atomic E-state index is 13.4. The lowest BCUT2D eigenvalue weighted by atomic mass is 10.1. The number of benzene rings is 2. The van der Waals surface area contributed by atoms with Gasteiger partial charge in [0.05, 0.1) is 0 Å². The minimum Gasteiger partial charge on any atom is -0.323 e. The zero-order valence-corrected chi connectivity index (χ0v) is 10.2. The summed E-state index contributed by atoms with van der Waals surface area (Å²) in [6.45, 7) is 0. The van der Waals surface area contributed by atoms with E-state index in [4.69, 9.17) is 5.73 Å². The second kappa shape index (κ2) is 5.84. The van der Waals surface area contributed by atoms with Crippen LogP contribution in [0.3, 0.4) is 0 Å². The molecule has 0 heterocycles. The summed E-state index contributed by atoms with van der Waals surface area (Å²) in [5.74, 6) is 0.489. The van der Waals surface area contributed by atoms with Gasteiger partial charge in [0.2, 0.25) is 0 Å². The van der Waals surface area contributed by atoms with Gasteiger partial charge in [-0.25, -0.2) is 4.39 Å². The van der Waals surface area contributed by atoms with Crippen molar-refractivity contribution in [2.45, 2.75) is 10.9 Å². The maximum Gasteiger partial charge on any atom is 0.136 e. The summed E-state index contributed by atoms with van der Waals surface area (Å²) in [6.07, 6.45) is 0. The average Bonchev–Trinajstić information content (AvgIpc) is 2.38. The van der Waals surface area contributed by atoms with Crippen molar-refractivity contribution in [2.75, 3.05) is 5.75 Å². The van der Waals surface area contributed by atoms with E-state index in [0.717, 1.165) is 5.56 Å². The molecule has 1 nitrogen and oxygen atoms in total. The van der Waals surface area contributed by atoms with E-state index in [9.17, 15) is 4.39 Å². The van der Waals surface area contributed by atoms with E-state index in [-0.39, 0.29) is 11.9 Å². The molecule has 3 heteroatoms. The molecular weight excluding hydrogens is 233 g/mol. The van der Waals surface area contributed by atoms with E-state index >= 15 is 0 Å². The topological polar surface area (TPSA) is 26.0 Å². The highest BCUT2D eigenvalue weighted by Crippen LogP contribution is 2.25. The van der Waals surface area contributed by atoms with Crippen LogP contribution < -0.4 is 5.73 Å². The monoisotopic (exact) mass is 247 g/mol. The molecule has 2 aromatic carbocycles. The number of thioether (sulfide) groups is 1. The summed E-state index contributed by atoms with van der Waals surface area (Å²) >= 11 is 1.45. The normalized spacial score (nSPS) is 12.4. The standard InChI is InChI=1S/C14H14FNS/c15-12-8-4-5-9-14(12)17-10-13(16)11-6-2-1-3-7-11/h1-9,13H,10,16H2. The molecule has 2 aromatic rings. The van der Waals surface area contributed by atoms with Crippen molar-refractivity contribution in [3.63, 3.8) is 0 Å². The Morgan fingerprint density at radius 1 is 1.00 bits per heavy atom. The van der Waals surface area contributed by atoms with Crippen LogP contribution in [0.1, 0.15) is 11.6 Å². The average molecular weight is 247 g/mol. The first-order chi connectivity index (χ1) is 8.27. The quantitative estimate of drug-likeness (QED) is 0.835. The van der Waals surface area contributed by atoms with Crippen molar-refractivity contribution >= 4 is 11.8 Å². The molecule has 0 bridgehead atoms. The fourth-order valence-electron chi connectivity index (χ4n) is 1.54. The van der Waals surface area contributed by atoms with E-state index in [1.54, 1.807) is 12.1 Å². The highest BCUT2D eigenvalue weighted by atomic mass is 32.2. The number of hydrogen-bond acceptors (Lipinski definition) is 2. The smallest absolute Gasteiger partial charge is 0.136 e. The fourth-order valence-corrected chi connectivity index (χ4v) is 2.47. The van der Waals surface area contributed by atoms with E-state index < -0.39 is 0 Å². The Kier molecular flexibility index (Phi) is 4.18. The van der Waals surface area contributed by atoms with Crippen molar-refractivity contribution in [1.82, 2.24) is 0 Å². The van der Waals surface area contributed by atoms with Crippen LogP contribution in [0.4, 0.5) is 4.39 Å². The lowest BCUT2D eigenvalue weighted by molar-refractivity contribution is 0.602. The third-order valence-corrected chi connectivity index (χ3v) is 3.65. The lowest BCUT2D eigenvalue weighted by Gasteiger charge is -2.11. The van der Waals surface area contributed by atoms with Gasteiger partial charge >= 0.3 is 0 Å². The van der Waals surface area contributed by atoms with Gasteiger partial charge in [-0.1, -0.05) is 42.5 Å². The van der Waals surface area contributed by atoms with Gasteiger partial charge < -0.3 is 5.73 Å². The first-order valence-corrected chi connectivity index (χ1v) is 6.44. The first kappa shape index (κ1) is 12.1. The largest absolute Gasteiger partial charge is 0.323 e. The van der Waals surface area contributed by atoms with Gasteiger partial charge in [0.15, 0.2) is 0 Å². The Morgan fingerprint density at radius 2 is 1.65 bits per heavy atom. The van der Waals surface area contributed by atoms with Gasteiger partial charge in [-0.2, -0.15) is 0 Å². The zero-order chi connectivity index (χ0) is 12.1. The molecule has 0 amide bonds. The van der Waals surface area contributed by atoms with Crippen molar-refractivity contribution in [3.8, 4) is 0 Å². The van der Waals surface area contributed by atoms with Crippen LogP contribution in [0.5, 0.6) is 0 Å². The van der Waals surface area contributed by atoms with Gasteiger partial charge in [-0.05, 0) is 17.7 Å². The molecule has 0 radical (unpaired) electrons. The second-order valence-electron chi connectivity index (χ2n) is 3.76. The van der Waals surface area contributed by atoms with E-state index in [1.165, 1.54) is 17.8 Å². The molecule has 0 fully saturated rings. The molecule has 1 atom stereocenters. The van der Waals surface area contributed by atoms with E-state index in [2.05, 4.69) is 0 Å². The molecular formula is C14H14FNS. The third kappa shape index (κ3) is 3.32. The predicted octanol–water partition coefficient (Wildman–Crippen LogP) is 3.62. The highest BCUT2D eigenvalue weighted by molar-refractivity contribution is 7.99. The van der Waals surface area contributed by atoms with Crippen LogP contribution in [-0.4, -0.2) is 5.75 Å². The molecule has 0 aliphatic heterocycles. The molecule has 0 aliphatic carbocycles. The maximum atomic E-state index is 13.4. The van der Waals surface area contributed by atoms with Crippen LogP contribution in [0, 0.1) is 5.82 Å². The summed E-state index contributed by atoms with van der Waals surface area (Å²) in [7, 11) is 0. The van der Waals surface area contributed by atoms with Gasteiger partial charge in [0, 0.05) is 16.7 Å². The molecule has 0 saturated carbocycles. The molecule has 2 N–H and O–H groups in total. The van der Waals surface area contributed by atoms with Crippen LogP contribution in [0.25, 0.3) is 0 Å². The van der Waals surface area contributed by atoms with Crippen molar-refractivity contribution in [1.29, 1.82) is 0 Å². The SMILES string of the molecule is NC(CSc1ccccc1F)c1ccccc1. The zero-order valence-electron chi connectivity index (χ0n) is 9.34. The van der Waals surface area contributed by atoms with Crippen molar-refractivity contribution in [2.24, 2.45) is 5.73 Å². The second-order valence-corrected chi connectivity index (χ2v) is 4.82. The highest BCUT2D eigenvalue weighted by Gasteiger charge is 2.07. The van der Waals surface area contributed by atoms with Gasteiger partial charge in [0.25, 0.3) is 0 Å². The minimum atomic E-state index is -0.183. The fraction of sp³-hybridized carbons (Fsp3) is 0.143. The Morgan fingerprint density at radius 3 is 2.35 bits per heavy atom. The summed E-state index contributed by atoms with van der Waals surface area (Å²) in [5, 5.41) is 0. The predicted molar refractivity (Wildman–Crippen MR) is 70.5 cm³/mol. The van der Waals surface area contributed by atoms with Crippen molar-refractivity contribution < 1.29 is 4.39 Å². The first-order valence-electron chi connectivity index (χ1n) is 5.45. The third-order valence-electron chi connectivity index (χ3n) is 2.48. The molecule has 0 aliphatic rings. The van der Waals surface area contributed by atoms with Gasteiger partial charge in [0.1, 0.15) is 5.82 Å². The van der Waals surface area contributed by atoms with Crippen LogP contribution in [0.2, 0.25) is 0 Å². The Balaban J connectivity index is 1.97. The summed E-state index contributed by atoms with van der Waals surface area (Å²) in [6, 6.07) is 16.6. The van der Waals surface area contributed by atoms with E-state index in [0.29, 0.717) is 10.6 Å². The van der Waals surface area contributed by atoms with Crippen LogP contribution in [0.15, 0.2) is 59.5 Å². The molecule has 0 spiro atoms. The summed E-state index contributed by atoms with van der Waals surface area (Å²) in [4.78, 5) is 0.652. The molecule has 0 saturated heterocycles.